The molecular formula is C13H20N2O. The maximum atomic E-state index is 5.78. The number of anilines is 1. The maximum absolute atomic E-state index is 5.78. The number of nitrogen functional groups attached to an aromatic ring is 1. The van der Waals surface area contributed by atoms with Crippen LogP contribution in [0.25, 0.3) is 0 Å². The summed E-state index contributed by atoms with van der Waals surface area (Å²) in [6.07, 6.45) is 3.86. The number of nitrogens with zero attached hydrogens (tertiary/aromatic N) is 1. The Morgan fingerprint density at radius 2 is 2.31 bits per heavy atom. The van der Waals surface area contributed by atoms with E-state index in [1.54, 1.807) is 0 Å². The van der Waals surface area contributed by atoms with Gasteiger partial charge in [-0.3, -0.25) is 0 Å². The lowest BCUT2D eigenvalue weighted by atomic mass is 10.0. The van der Waals surface area contributed by atoms with Crippen molar-refractivity contribution in [3.05, 3.63) is 24.3 Å². The Labute approximate surface area is 97.2 Å². The summed E-state index contributed by atoms with van der Waals surface area (Å²) in [4.78, 5) is 2.38. The molecule has 1 heterocycles. The summed E-state index contributed by atoms with van der Waals surface area (Å²) in [5.74, 6) is 0.874. The van der Waals surface area contributed by atoms with E-state index in [9.17, 15) is 0 Å². The minimum absolute atomic E-state index is 0.551. The van der Waals surface area contributed by atoms with Crippen molar-refractivity contribution in [2.24, 2.45) is 0 Å². The molecular weight excluding hydrogens is 200 g/mol. The van der Waals surface area contributed by atoms with Gasteiger partial charge in [0.15, 0.2) is 0 Å². The number of likely N-dealkylation sites (tertiary alicyclic amines) is 1. The van der Waals surface area contributed by atoms with Crippen molar-refractivity contribution in [1.29, 1.82) is 0 Å². The topological polar surface area (TPSA) is 38.5 Å². The highest BCUT2D eigenvalue weighted by atomic mass is 16.5. The molecule has 0 spiro atoms. The summed E-state index contributed by atoms with van der Waals surface area (Å²) in [6.45, 7) is 1.95. The van der Waals surface area contributed by atoms with E-state index in [1.165, 1.54) is 25.8 Å². The van der Waals surface area contributed by atoms with Crippen molar-refractivity contribution < 1.29 is 4.74 Å². The first-order chi connectivity index (χ1) is 7.75. The predicted octanol–water partition coefficient (Wildman–Crippen LogP) is 2.13. The fourth-order valence-electron chi connectivity index (χ4n) is 2.15. The van der Waals surface area contributed by atoms with Crippen molar-refractivity contribution in [1.82, 2.24) is 4.90 Å². The molecule has 88 valence electrons. The van der Waals surface area contributed by atoms with Crippen LogP contribution in [-0.4, -0.2) is 31.1 Å². The van der Waals surface area contributed by atoms with Gasteiger partial charge in [-0.2, -0.15) is 0 Å². The number of likely N-dealkylation sites (N-methyl/N-ethyl adjacent to an activating group) is 1. The normalized spacial score (nSPS) is 21.9. The van der Waals surface area contributed by atoms with E-state index in [0.29, 0.717) is 6.04 Å². The molecule has 3 nitrogen and oxygen atoms in total. The second-order valence-corrected chi connectivity index (χ2v) is 4.51. The van der Waals surface area contributed by atoms with Crippen molar-refractivity contribution in [2.75, 3.05) is 25.9 Å². The highest BCUT2D eigenvalue weighted by Gasteiger charge is 2.19. The summed E-state index contributed by atoms with van der Waals surface area (Å²) in [6, 6.07) is 8.19. The third-order valence-corrected chi connectivity index (χ3v) is 3.22. The molecule has 1 aliphatic rings. The molecule has 0 radical (unpaired) electrons. The van der Waals surface area contributed by atoms with E-state index in [2.05, 4.69) is 11.9 Å². The Balaban J connectivity index is 1.86. The van der Waals surface area contributed by atoms with Gasteiger partial charge in [-0.05, 0) is 38.6 Å². The van der Waals surface area contributed by atoms with Crippen LogP contribution in [0.1, 0.15) is 19.3 Å². The maximum Gasteiger partial charge on any atom is 0.121 e. The average Bonchev–Trinajstić information content (AvgIpc) is 2.28. The van der Waals surface area contributed by atoms with E-state index in [4.69, 9.17) is 10.5 Å². The van der Waals surface area contributed by atoms with E-state index in [-0.39, 0.29) is 0 Å². The number of benzene rings is 1. The number of hydrogen-bond donors (Lipinski definition) is 1. The fraction of sp³-hybridized carbons (Fsp3) is 0.538. The van der Waals surface area contributed by atoms with Crippen LogP contribution in [0.15, 0.2) is 24.3 Å². The summed E-state index contributed by atoms with van der Waals surface area (Å²) < 4.78 is 5.78. The molecule has 1 unspecified atom stereocenters. The van der Waals surface area contributed by atoms with Gasteiger partial charge in [-0.1, -0.05) is 12.5 Å². The zero-order chi connectivity index (χ0) is 11.4. The molecule has 3 heteroatoms. The van der Waals surface area contributed by atoms with E-state index in [1.807, 2.05) is 24.3 Å². The molecule has 1 aliphatic heterocycles. The molecule has 1 aromatic carbocycles. The van der Waals surface area contributed by atoms with Crippen LogP contribution in [-0.2, 0) is 0 Å². The third kappa shape index (κ3) is 2.89. The van der Waals surface area contributed by atoms with Crippen molar-refractivity contribution >= 4 is 5.69 Å². The van der Waals surface area contributed by atoms with Crippen LogP contribution in [0, 0.1) is 0 Å². The minimum atomic E-state index is 0.551. The zero-order valence-electron chi connectivity index (χ0n) is 9.86. The lowest BCUT2D eigenvalue weighted by molar-refractivity contribution is 0.125. The highest BCUT2D eigenvalue weighted by Crippen LogP contribution is 2.18. The fourth-order valence-corrected chi connectivity index (χ4v) is 2.15. The molecule has 0 amide bonds. The van der Waals surface area contributed by atoms with E-state index >= 15 is 0 Å². The number of hydrogen-bond acceptors (Lipinski definition) is 3. The second kappa shape index (κ2) is 5.21. The largest absolute Gasteiger partial charge is 0.492 e. The smallest absolute Gasteiger partial charge is 0.121 e. The van der Waals surface area contributed by atoms with Gasteiger partial charge in [-0.15, -0.1) is 0 Å². The summed E-state index contributed by atoms with van der Waals surface area (Å²) >= 11 is 0. The Hall–Kier alpha value is -1.22. The molecule has 1 saturated heterocycles. The molecule has 2 rings (SSSR count). The Morgan fingerprint density at radius 3 is 3.06 bits per heavy atom. The molecule has 1 fully saturated rings. The number of nitrogens with two attached hydrogens (primary N) is 1. The molecule has 2 N–H and O–H groups in total. The number of rotatable bonds is 3. The van der Waals surface area contributed by atoms with Crippen molar-refractivity contribution in [2.45, 2.75) is 25.3 Å². The van der Waals surface area contributed by atoms with Gasteiger partial charge in [0.25, 0.3) is 0 Å². The van der Waals surface area contributed by atoms with Crippen LogP contribution < -0.4 is 10.5 Å². The summed E-state index contributed by atoms with van der Waals surface area (Å²) in [5, 5.41) is 0. The molecule has 0 saturated carbocycles. The van der Waals surface area contributed by atoms with Crippen molar-refractivity contribution in [3.8, 4) is 5.75 Å². The molecule has 16 heavy (non-hydrogen) atoms. The molecule has 1 aromatic rings. The average molecular weight is 220 g/mol. The molecule has 0 bridgehead atoms. The Kier molecular flexibility index (Phi) is 3.67. The van der Waals surface area contributed by atoms with Crippen LogP contribution in [0.4, 0.5) is 5.69 Å². The van der Waals surface area contributed by atoms with Gasteiger partial charge in [0.1, 0.15) is 12.4 Å². The monoisotopic (exact) mass is 220 g/mol. The van der Waals surface area contributed by atoms with Crippen molar-refractivity contribution in [3.63, 3.8) is 0 Å². The highest BCUT2D eigenvalue weighted by molar-refractivity contribution is 5.43. The Morgan fingerprint density at radius 1 is 1.44 bits per heavy atom. The van der Waals surface area contributed by atoms with Gasteiger partial charge in [-0.25, -0.2) is 0 Å². The third-order valence-electron chi connectivity index (χ3n) is 3.22. The second-order valence-electron chi connectivity index (χ2n) is 4.51. The molecule has 1 atom stereocenters. The van der Waals surface area contributed by atoms with E-state index < -0.39 is 0 Å². The quantitative estimate of drug-likeness (QED) is 0.793. The van der Waals surface area contributed by atoms with Crippen LogP contribution in [0.3, 0.4) is 0 Å². The number of ether oxygens (including phenoxy) is 1. The summed E-state index contributed by atoms with van der Waals surface area (Å²) in [7, 11) is 2.17. The van der Waals surface area contributed by atoms with Crippen LogP contribution in [0.5, 0.6) is 5.75 Å². The van der Waals surface area contributed by atoms with Gasteiger partial charge in [0.05, 0.1) is 0 Å². The van der Waals surface area contributed by atoms with Gasteiger partial charge >= 0.3 is 0 Å². The van der Waals surface area contributed by atoms with Crippen LogP contribution in [0.2, 0.25) is 0 Å². The number of piperidine rings is 1. The summed E-state index contributed by atoms with van der Waals surface area (Å²) in [5.41, 5.74) is 6.46. The lowest BCUT2D eigenvalue weighted by Gasteiger charge is -2.32. The SMILES string of the molecule is CN1CCCCC1COc1cccc(N)c1. The lowest BCUT2D eigenvalue weighted by Crippen LogP contribution is -2.40. The van der Waals surface area contributed by atoms with Gasteiger partial charge < -0.3 is 15.4 Å². The van der Waals surface area contributed by atoms with Gasteiger partial charge in [0, 0.05) is 17.8 Å². The first-order valence-corrected chi connectivity index (χ1v) is 5.94. The zero-order valence-corrected chi connectivity index (χ0v) is 9.86. The standard InChI is InChI=1S/C13H20N2O/c1-15-8-3-2-6-12(15)10-16-13-7-4-5-11(14)9-13/h4-5,7,9,12H,2-3,6,8,10,14H2,1H3. The van der Waals surface area contributed by atoms with Gasteiger partial charge in [0.2, 0.25) is 0 Å². The molecule has 0 aromatic heterocycles. The Bertz CT molecular complexity index is 340. The minimum Gasteiger partial charge on any atom is -0.492 e. The van der Waals surface area contributed by atoms with Crippen LogP contribution >= 0.6 is 0 Å². The van der Waals surface area contributed by atoms with E-state index in [0.717, 1.165) is 18.0 Å². The molecule has 0 aliphatic carbocycles. The first-order valence-electron chi connectivity index (χ1n) is 5.94. The predicted molar refractivity (Wildman–Crippen MR) is 66.6 cm³/mol. The first kappa shape index (κ1) is 11.3.